The average molecular weight is 376 g/mol. The number of fused-ring (bicyclic) bond motifs is 1. The van der Waals surface area contributed by atoms with Gasteiger partial charge in [-0.25, -0.2) is 14.6 Å². The first-order valence-corrected chi connectivity index (χ1v) is 8.64. The Morgan fingerprint density at radius 2 is 2.08 bits per heavy atom. The fraction of sp³-hybridized carbons (Fsp3) is 0.294. The van der Waals surface area contributed by atoms with Gasteiger partial charge in [0.05, 0.1) is 18.5 Å². The van der Waals surface area contributed by atoms with E-state index in [2.05, 4.69) is 4.98 Å². The summed E-state index contributed by atoms with van der Waals surface area (Å²) in [6.45, 7) is 5.35. The molecule has 0 bridgehead atoms. The number of carbonyl (C=O) groups is 2. The molecule has 1 N–H and O–H groups in total. The number of rotatable bonds is 5. The van der Waals surface area contributed by atoms with Gasteiger partial charge in [0.25, 0.3) is 5.56 Å². The number of esters is 1. The van der Waals surface area contributed by atoms with Crippen molar-refractivity contribution >= 4 is 33.5 Å². The van der Waals surface area contributed by atoms with E-state index in [0.717, 1.165) is 11.3 Å². The SMILES string of the molecule is CCOC(=O)c1sc2nc(C)n(Cc3ccc(C(=O)O)o3)c(=O)c2c1C. The molecule has 136 valence electrons. The van der Waals surface area contributed by atoms with Crippen molar-refractivity contribution < 1.29 is 23.8 Å². The highest BCUT2D eigenvalue weighted by molar-refractivity contribution is 7.20. The van der Waals surface area contributed by atoms with Crippen molar-refractivity contribution in [3.8, 4) is 0 Å². The molecule has 0 atom stereocenters. The highest BCUT2D eigenvalue weighted by Crippen LogP contribution is 2.28. The molecule has 26 heavy (non-hydrogen) atoms. The van der Waals surface area contributed by atoms with Crippen LogP contribution in [0.3, 0.4) is 0 Å². The third kappa shape index (κ3) is 3.01. The van der Waals surface area contributed by atoms with E-state index in [0.29, 0.717) is 32.2 Å². The summed E-state index contributed by atoms with van der Waals surface area (Å²) in [6.07, 6.45) is 0. The Hall–Kier alpha value is -2.94. The fourth-order valence-corrected chi connectivity index (χ4v) is 3.74. The van der Waals surface area contributed by atoms with Crippen LogP contribution in [-0.4, -0.2) is 33.2 Å². The van der Waals surface area contributed by atoms with Crippen molar-refractivity contribution in [2.24, 2.45) is 0 Å². The molecular formula is C17H16N2O6S. The standard InChI is InChI=1S/C17H16N2O6S/c1-4-24-17(23)13-8(2)12-14(26-13)18-9(3)19(15(12)20)7-10-5-6-11(25-10)16(21)22/h5-6H,4,7H2,1-3H3,(H,21,22). The van der Waals surface area contributed by atoms with Gasteiger partial charge in [0.2, 0.25) is 5.76 Å². The van der Waals surface area contributed by atoms with Crippen molar-refractivity contribution in [1.82, 2.24) is 9.55 Å². The lowest BCUT2D eigenvalue weighted by Crippen LogP contribution is -2.24. The molecule has 3 aromatic heterocycles. The third-order valence-corrected chi connectivity index (χ3v) is 5.05. The van der Waals surface area contributed by atoms with Gasteiger partial charge in [-0.05, 0) is 38.5 Å². The van der Waals surface area contributed by atoms with E-state index in [1.165, 1.54) is 16.7 Å². The van der Waals surface area contributed by atoms with Crippen LogP contribution in [0.4, 0.5) is 0 Å². The maximum Gasteiger partial charge on any atom is 0.371 e. The smallest absolute Gasteiger partial charge is 0.371 e. The number of ether oxygens (including phenoxy) is 1. The summed E-state index contributed by atoms with van der Waals surface area (Å²) < 4.78 is 11.6. The van der Waals surface area contributed by atoms with Gasteiger partial charge >= 0.3 is 11.9 Å². The zero-order valence-electron chi connectivity index (χ0n) is 14.4. The lowest BCUT2D eigenvalue weighted by atomic mass is 10.2. The highest BCUT2D eigenvalue weighted by atomic mass is 32.1. The van der Waals surface area contributed by atoms with Crippen molar-refractivity contribution in [2.75, 3.05) is 6.61 Å². The van der Waals surface area contributed by atoms with E-state index in [9.17, 15) is 14.4 Å². The number of aromatic nitrogens is 2. The van der Waals surface area contributed by atoms with Crippen LogP contribution in [-0.2, 0) is 11.3 Å². The zero-order valence-corrected chi connectivity index (χ0v) is 15.2. The van der Waals surface area contributed by atoms with E-state index in [4.69, 9.17) is 14.3 Å². The number of aromatic carboxylic acids is 1. The van der Waals surface area contributed by atoms with Crippen LogP contribution in [0, 0.1) is 13.8 Å². The van der Waals surface area contributed by atoms with Crippen LogP contribution in [0.15, 0.2) is 21.3 Å². The summed E-state index contributed by atoms with van der Waals surface area (Å²) in [4.78, 5) is 41.1. The molecule has 0 fully saturated rings. The molecule has 0 aliphatic carbocycles. The van der Waals surface area contributed by atoms with Gasteiger partial charge in [0.1, 0.15) is 21.3 Å². The number of nitrogens with zero attached hydrogens (tertiary/aromatic N) is 2. The van der Waals surface area contributed by atoms with Gasteiger partial charge in [0, 0.05) is 0 Å². The van der Waals surface area contributed by atoms with Crippen LogP contribution in [0.2, 0.25) is 0 Å². The Labute approximate surface area is 151 Å². The Morgan fingerprint density at radius 1 is 1.35 bits per heavy atom. The minimum atomic E-state index is -1.18. The number of hydrogen-bond acceptors (Lipinski definition) is 7. The average Bonchev–Trinajstić information content (AvgIpc) is 3.16. The number of carboxylic acids is 1. The van der Waals surface area contributed by atoms with Gasteiger partial charge in [-0.3, -0.25) is 9.36 Å². The molecule has 3 rings (SSSR count). The molecule has 0 aliphatic rings. The van der Waals surface area contributed by atoms with Crippen LogP contribution in [0.1, 0.15) is 44.3 Å². The predicted octanol–water partition coefficient (Wildman–Crippen LogP) is 2.59. The van der Waals surface area contributed by atoms with Gasteiger partial charge in [-0.15, -0.1) is 11.3 Å². The second-order valence-electron chi connectivity index (χ2n) is 5.58. The third-order valence-electron chi connectivity index (χ3n) is 3.89. The van der Waals surface area contributed by atoms with Crippen molar-refractivity contribution in [3.63, 3.8) is 0 Å². The molecule has 0 aliphatic heterocycles. The van der Waals surface area contributed by atoms with E-state index in [1.807, 2.05) is 0 Å². The second kappa shape index (κ2) is 6.75. The summed E-state index contributed by atoms with van der Waals surface area (Å²) in [6, 6.07) is 2.84. The zero-order chi connectivity index (χ0) is 19.0. The molecule has 0 saturated carbocycles. The Morgan fingerprint density at radius 3 is 2.69 bits per heavy atom. The van der Waals surface area contributed by atoms with Crippen molar-refractivity contribution in [2.45, 2.75) is 27.3 Å². The van der Waals surface area contributed by atoms with E-state index in [1.54, 1.807) is 20.8 Å². The van der Waals surface area contributed by atoms with Gasteiger partial charge in [-0.2, -0.15) is 0 Å². The minimum absolute atomic E-state index is 0.0465. The van der Waals surface area contributed by atoms with Crippen molar-refractivity contribution in [3.05, 3.63) is 50.3 Å². The van der Waals surface area contributed by atoms with Crippen molar-refractivity contribution in [1.29, 1.82) is 0 Å². The topological polar surface area (TPSA) is 112 Å². The summed E-state index contributed by atoms with van der Waals surface area (Å²) in [5.41, 5.74) is 0.213. The molecule has 0 amide bonds. The molecule has 0 radical (unpaired) electrons. The molecule has 3 aromatic rings. The maximum atomic E-state index is 12.9. The largest absolute Gasteiger partial charge is 0.475 e. The molecule has 0 saturated heterocycles. The number of furan rings is 1. The lowest BCUT2D eigenvalue weighted by Gasteiger charge is -2.07. The van der Waals surface area contributed by atoms with Gasteiger partial charge in [-0.1, -0.05) is 0 Å². The number of aryl methyl sites for hydroxylation is 2. The van der Waals surface area contributed by atoms with Crippen LogP contribution in [0.5, 0.6) is 0 Å². The Kier molecular flexibility index (Phi) is 4.64. The van der Waals surface area contributed by atoms with E-state index >= 15 is 0 Å². The van der Waals surface area contributed by atoms with E-state index < -0.39 is 11.9 Å². The molecule has 3 heterocycles. The number of hydrogen-bond donors (Lipinski definition) is 1. The molecule has 9 heteroatoms. The minimum Gasteiger partial charge on any atom is -0.475 e. The number of thiophene rings is 1. The summed E-state index contributed by atoms with van der Waals surface area (Å²) in [5.74, 6) is -1.09. The van der Waals surface area contributed by atoms with Crippen LogP contribution in [0.25, 0.3) is 10.2 Å². The second-order valence-corrected chi connectivity index (χ2v) is 6.58. The molecule has 0 spiro atoms. The molecule has 8 nitrogen and oxygen atoms in total. The molecule has 0 unspecified atom stereocenters. The maximum absolute atomic E-state index is 12.9. The summed E-state index contributed by atoms with van der Waals surface area (Å²) >= 11 is 1.12. The Bertz CT molecular complexity index is 1080. The first kappa shape index (κ1) is 17.9. The fourth-order valence-electron chi connectivity index (χ4n) is 2.63. The summed E-state index contributed by atoms with van der Waals surface area (Å²) in [5, 5.41) is 9.29. The first-order valence-electron chi connectivity index (χ1n) is 7.83. The Balaban J connectivity index is 2.09. The summed E-state index contributed by atoms with van der Waals surface area (Å²) in [7, 11) is 0. The highest BCUT2D eigenvalue weighted by Gasteiger charge is 2.22. The lowest BCUT2D eigenvalue weighted by molar-refractivity contribution is 0.0530. The quantitative estimate of drug-likeness (QED) is 0.681. The monoisotopic (exact) mass is 376 g/mol. The van der Waals surface area contributed by atoms with E-state index in [-0.39, 0.29) is 24.5 Å². The first-order chi connectivity index (χ1) is 12.3. The normalized spacial score (nSPS) is 11.0. The molecular weight excluding hydrogens is 360 g/mol. The number of carboxylic acid groups (broad SMARTS) is 1. The predicted molar refractivity (Wildman–Crippen MR) is 94.1 cm³/mol. The molecule has 0 aromatic carbocycles. The number of carbonyl (C=O) groups excluding carboxylic acids is 1. The van der Waals surface area contributed by atoms with Gasteiger partial charge in [0.15, 0.2) is 0 Å². The van der Waals surface area contributed by atoms with Gasteiger partial charge < -0.3 is 14.3 Å². The van der Waals surface area contributed by atoms with Crippen LogP contribution >= 0.6 is 11.3 Å². The van der Waals surface area contributed by atoms with Crippen LogP contribution < -0.4 is 5.56 Å².